The van der Waals surface area contributed by atoms with Gasteiger partial charge in [-0.1, -0.05) is 37.0 Å². The molecule has 0 saturated heterocycles. The largest absolute Gasteiger partial charge is 0.361 e. The van der Waals surface area contributed by atoms with E-state index in [9.17, 15) is 8.42 Å². The number of hydrogen-bond donors (Lipinski definition) is 2. The number of fused-ring (bicyclic) bond motifs is 1. The molecular formula is C20H23Cl2N3O2S. The molecule has 1 heterocycles. The molecule has 3 rings (SSSR count). The fraction of sp³-hybridized carbons (Fsp3) is 0.300. The molecule has 2 aromatic carbocycles. The Hall–Kier alpha value is -1.73. The number of nitrogens with one attached hydrogen (secondary N) is 2. The first-order valence-electron chi connectivity index (χ1n) is 9.13. The van der Waals surface area contributed by atoms with Gasteiger partial charge in [0.2, 0.25) is 0 Å². The molecule has 0 aliphatic carbocycles. The number of anilines is 1. The second-order valence-corrected chi connectivity index (χ2v) is 9.12. The summed E-state index contributed by atoms with van der Waals surface area (Å²) in [6, 6.07) is 9.71. The van der Waals surface area contributed by atoms with Gasteiger partial charge < -0.3 is 9.88 Å². The van der Waals surface area contributed by atoms with Gasteiger partial charge in [-0.25, -0.2) is 8.42 Å². The van der Waals surface area contributed by atoms with Crippen molar-refractivity contribution in [2.75, 3.05) is 24.4 Å². The van der Waals surface area contributed by atoms with Crippen LogP contribution < -0.4 is 4.72 Å². The number of sulfonamides is 1. The number of halogens is 2. The van der Waals surface area contributed by atoms with Crippen molar-refractivity contribution >= 4 is 49.8 Å². The van der Waals surface area contributed by atoms with Gasteiger partial charge >= 0.3 is 0 Å². The van der Waals surface area contributed by atoms with Crippen molar-refractivity contribution in [3.05, 3.63) is 58.2 Å². The molecule has 0 fully saturated rings. The highest BCUT2D eigenvalue weighted by molar-refractivity contribution is 7.92. The third-order valence-electron chi connectivity index (χ3n) is 4.76. The number of aromatic nitrogens is 1. The molecule has 0 saturated carbocycles. The number of benzene rings is 2. The highest BCUT2D eigenvalue weighted by Gasteiger charge is 2.17. The van der Waals surface area contributed by atoms with Crippen molar-refractivity contribution in [1.29, 1.82) is 0 Å². The fourth-order valence-electron chi connectivity index (χ4n) is 3.16. The van der Waals surface area contributed by atoms with Crippen molar-refractivity contribution in [2.24, 2.45) is 0 Å². The lowest BCUT2D eigenvalue weighted by Crippen LogP contribution is -2.25. The Morgan fingerprint density at radius 3 is 2.36 bits per heavy atom. The SMILES string of the molecule is CCN(CC)CCc1c[nH]c2ccc(NS(=O)(=O)c3cc(Cl)cc(Cl)c3)cc12. The maximum Gasteiger partial charge on any atom is 0.261 e. The lowest BCUT2D eigenvalue weighted by molar-refractivity contribution is 0.308. The Morgan fingerprint density at radius 1 is 1.04 bits per heavy atom. The van der Waals surface area contributed by atoms with Crippen LogP contribution in [0.1, 0.15) is 19.4 Å². The zero-order chi connectivity index (χ0) is 20.3. The van der Waals surface area contributed by atoms with Gasteiger partial charge in [-0.2, -0.15) is 0 Å². The molecule has 0 radical (unpaired) electrons. The second kappa shape index (κ2) is 8.74. The van der Waals surface area contributed by atoms with E-state index in [1.807, 2.05) is 18.3 Å². The van der Waals surface area contributed by atoms with Gasteiger partial charge in [0.15, 0.2) is 0 Å². The van der Waals surface area contributed by atoms with Crippen LogP contribution in [0.3, 0.4) is 0 Å². The summed E-state index contributed by atoms with van der Waals surface area (Å²) in [5, 5.41) is 1.55. The molecule has 0 unspecified atom stereocenters. The molecule has 0 aliphatic heterocycles. The minimum atomic E-state index is -3.79. The highest BCUT2D eigenvalue weighted by Crippen LogP contribution is 2.27. The van der Waals surface area contributed by atoms with Gasteiger partial charge in [0.05, 0.1) is 4.90 Å². The quantitative estimate of drug-likeness (QED) is 0.509. The topological polar surface area (TPSA) is 65.2 Å². The van der Waals surface area contributed by atoms with E-state index in [2.05, 4.69) is 28.5 Å². The highest BCUT2D eigenvalue weighted by atomic mass is 35.5. The Balaban J connectivity index is 1.86. The van der Waals surface area contributed by atoms with Gasteiger partial charge in [-0.3, -0.25) is 4.72 Å². The van der Waals surface area contributed by atoms with Crippen molar-refractivity contribution in [2.45, 2.75) is 25.2 Å². The molecule has 0 spiro atoms. The maximum atomic E-state index is 12.7. The molecule has 5 nitrogen and oxygen atoms in total. The van der Waals surface area contributed by atoms with E-state index in [0.717, 1.165) is 42.5 Å². The number of H-pyrrole nitrogens is 1. The van der Waals surface area contributed by atoms with Crippen LogP contribution in [0.2, 0.25) is 10.0 Å². The number of aromatic amines is 1. The van der Waals surface area contributed by atoms with Crippen LogP contribution in [0.15, 0.2) is 47.5 Å². The molecule has 0 bridgehead atoms. The van der Waals surface area contributed by atoms with Crippen LogP contribution >= 0.6 is 23.2 Å². The van der Waals surface area contributed by atoms with Crippen molar-refractivity contribution < 1.29 is 8.42 Å². The normalized spacial score (nSPS) is 12.0. The van der Waals surface area contributed by atoms with E-state index >= 15 is 0 Å². The first kappa shape index (κ1) is 21.0. The Kier molecular flexibility index (Phi) is 6.55. The fourth-order valence-corrected chi connectivity index (χ4v) is 4.94. The first-order chi connectivity index (χ1) is 13.3. The first-order valence-corrected chi connectivity index (χ1v) is 11.4. The van der Waals surface area contributed by atoms with Crippen LogP contribution in [0.25, 0.3) is 10.9 Å². The third-order valence-corrected chi connectivity index (χ3v) is 6.55. The average Bonchev–Trinajstić information content (AvgIpc) is 3.04. The van der Waals surface area contributed by atoms with Crippen molar-refractivity contribution in [3.8, 4) is 0 Å². The van der Waals surface area contributed by atoms with E-state index < -0.39 is 10.0 Å². The minimum Gasteiger partial charge on any atom is -0.361 e. The molecule has 1 aromatic heterocycles. The lowest BCUT2D eigenvalue weighted by Gasteiger charge is -2.17. The van der Waals surface area contributed by atoms with Crippen molar-refractivity contribution in [3.63, 3.8) is 0 Å². The molecule has 8 heteroatoms. The van der Waals surface area contributed by atoms with Crippen LogP contribution in [-0.2, 0) is 16.4 Å². The predicted octanol–water partition coefficient (Wildman–Crippen LogP) is 5.16. The van der Waals surface area contributed by atoms with Gasteiger partial charge in [-0.15, -0.1) is 0 Å². The van der Waals surface area contributed by atoms with E-state index in [-0.39, 0.29) is 14.9 Å². The zero-order valence-electron chi connectivity index (χ0n) is 15.8. The van der Waals surface area contributed by atoms with E-state index in [1.165, 1.54) is 18.2 Å². The molecular weight excluding hydrogens is 417 g/mol. The van der Waals surface area contributed by atoms with Crippen LogP contribution in [0.4, 0.5) is 5.69 Å². The average molecular weight is 440 g/mol. The van der Waals surface area contributed by atoms with Crippen LogP contribution in [0, 0.1) is 0 Å². The Morgan fingerprint density at radius 2 is 1.71 bits per heavy atom. The molecule has 0 atom stereocenters. The molecule has 2 N–H and O–H groups in total. The third kappa shape index (κ3) is 4.81. The molecule has 0 amide bonds. The number of likely N-dealkylation sites (N-methyl/N-ethyl adjacent to an activating group) is 1. The molecule has 3 aromatic rings. The summed E-state index contributed by atoms with van der Waals surface area (Å²) >= 11 is 11.9. The summed E-state index contributed by atoms with van der Waals surface area (Å²) in [4.78, 5) is 5.64. The van der Waals surface area contributed by atoms with Gasteiger partial charge in [-0.05, 0) is 61.5 Å². The van der Waals surface area contributed by atoms with Gasteiger partial charge in [0, 0.05) is 39.4 Å². The summed E-state index contributed by atoms with van der Waals surface area (Å²) in [5.74, 6) is 0. The predicted molar refractivity (Wildman–Crippen MR) is 117 cm³/mol. The number of nitrogens with zero attached hydrogens (tertiary/aromatic N) is 1. The van der Waals surface area contributed by atoms with Crippen LogP contribution in [-0.4, -0.2) is 37.9 Å². The van der Waals surface area contributed by atoms with E-state index in [4.69, 9.17) is 23.2 Å². The molecule has 0 aliphatic rings. The van der Waals surface area contributed by atoms with Gasteiger partial charge in [0.1, 0.15) is 0 Å². The zero-order valence-corrected chi connectivity index (χ0v) is 18.1. The van der Waals surface area contributed by atoms with E-state index in [1.54, 1.807) is 6.07 Å². The smallest absolute Gasteiger partial charge is 0.261 e. The summed E-state index contributed by atoms with van der Waals surface area (Å²) in [7, 11) is -3.79. The monoisotopic (exact) mass is 439 g/mol. The maximum absolute atomic E-state index is 12.7. The summed E-state index contributed by atoms with van der Waals surface area (Å²) < 4.78 is 28.0. The van der Waals surface area contributed by atoms with E-state index in [0.29, 0.717) is 5.69 Å². The van der Waals surface area contributed by atoms with Crippen molar-refractivity contribution in [1.82, 2.24) is 9.88 Å². The molecule has 150 valence electrons. The standard InChI is InChI=1S/C20H23Cl2N3O2S/c1-3-25(4-2)8-7-14-13-23-20-6-5-17(12-19(14)20)24-28(26,27)18-10-15(21)9-16(22)11-18/h5-6,9-13,23-24H,3-4,7-8H2,1-2H3. The Labute approximate surface area is 175 Å². The summed E-state index contributed by atoms with van der Waals surface area (Å²) in [5.41, 5.74) is 2.63. The van der Waals surface area contributed by atoms with Crippen LogP contribution in [0.5, 0.6) is 0 Å². The summed E-state index contributed by atoms with van der Waals surface area (Å²) in [6.45, 7) is 7.26. The number of rotatable bonds is 8. The number of hydrogen-bond acceptors (Lipinski definition) is 3. The minimum absolute atomic E-state index is 0.0286. The molecule has 28 heavy (non-hydrogen) atoms. The lowest BCUT2D eigenvalue weighted by atomic mass is 10.1. The Bertz CT molecular complexity index is 1060. The van der Waals surface area contributed by atoms with Gasteiger partial charge in [0.25, 0.3) is 10.0 Å². The second-order valence-electron chi connectivity index (χ2n) is 6.56. The summed E-state index contributed by atoms with van der Waals surface area (Å²) in [6.07, 6.45) is 2.88.